The summed E-state index contributed by atoms with van der Waals surface area (Å²) < 4.78 is 22.8. The second-order valence-corrected chi connectivity index (χ2v) is 18.7. The molecule has 1 aromatic carbocycles. The number of hydrogen-bond acceptors (Lipinski definition) is 1. The van der Waals surface area contributed by atoms with E-state index in [1.807, 2.05) is 0 Å². The van der Waals surface area contributed by atoms with Gasteiger partial charge in [0.1, 0.15) is 11.9 Å². The van der Waals surface area contributed by atoms with Crippen LogP contribution in [-0.2, 0) is 6.42 Å². The molecule has 0 amide bonds. The molecule has 0 bridgehead atoms. The minimum atomic E-state index is -1.91. The lowest BCUT2D eigenvalue weighted by molar-refractivity contribution is -0.0420. The summed E-state index contributed by atoms with van der Waals surface area (Å²) >= 11 is 5.97. The molecule has 2 saturated carbocycles. The number of benzene rings is 1. The third-order valence-electron chi connectivity index (χ3n) is 10.7. The predicted octanol–water partition coefficient (Wildman–Crippen LogP) is 9.54. The lowest BCUT2D eigenvalue weighted by Crippen LogP contribution is -2.50. The fourth-order valence-electron chi connectivity index (χ4n) is 7.49. The van der Waals surface area contributed by atoms with E-state index >= 15 is 4.39 Å². The van der Waals surface area contributed by atoms with Crippen LogP contribution in [0.25, 0.3) is 0 Å². The van der Waals surface area contributed by atoms with E-state index in [4.69, 9.17) is 16.0 Å². The van der Waals surface area contributed by atoms with E-state index in [9.17, 15) is 0 Å². The molecule has 0 spiro atoms. The molecule has 0 heterocycles. The van der Waals surface area contributed by atoms with Gasteiger partial charge in [-0.15, -0.1) is 11.6 Å². The van der Waals surface area contributed by atoms with E-state index in [2.05, 4.69) is 65.9 Å². The van der Waals surface area contributed by atoms with Crippen LogP contribution in [0.1, 0.15) is 96.6 Å². The molecule has 0 aliphatic heterocycles. The Morgan fingerprint density at radius 1 is 1.15 bits per heavy atom. The summed E-state index contributed by atoms with van der Waals surface area (Å²) in [5, 5.41) is 0.163. The van der Waals surface area contributed by atoms with Crippen molar-refractivity contribution in [1.29, 1.82) is 0 Å². The third-order valence-corrected chi connectivity index (χ3v) is 15.3. The van der Waals surface area contributed by atoms with Crippen LogP contribution < -0.4 is 4.43 Å². The van der Waals surface area contributed by atoms with Gasteiger partial charge in [0.05, 0.1) is 0 Å². The van der Waals surface area contributed by atoms with Crippen LogP contribution >= 0.6 is 11.6 Å². The molecule has 192 valence electrons. The van der Waals surface area contributed by atoms with Crippen molar-refractivity contribution in [3.63, 3.8) is 0 Å². The van der Waals surface area contributed by atoms with Gasteiger partial charge in [0.2, 0.25) is 8.32 Å². The average Bonchev–Trinajstić information content (AvgIpc) is 3.03. The summed E-state index contributed by atoms with van der Waals surface area (Å²) in [6.07, 6.45) is 8.34. The van der Waals surface area contributed by atoms with Crippen LogP contribution in [0.2, 0.25) is 18.1 Å². The quantitative estimate of drug-likeness (QED) is 0.203. The predicted molar refractivity (Wildman–Crippen MR) is 146 cm³/mol. The molecule has 3 aliphatic rings. The zero-order valence-corrected chi connectivity index (χ0v) is 24.5. The number of rotatable bonds is 7. The van der Waals surface area contributed by atoms with Gasteiger partial charge in [-0.25, -0.2) is 4.39 Å². The number of alkyl halides is 2. The van der Waals surface area contributed by atoms with Gasteiger partial charge >= 0.3 is 0 Å². The van der Waals surface area contributed by atoms with E-state index < -0.39 is 14.5 Å². The molecule has 4 heteroatoms. The normalized spacial score (nSPS) is 35.4. The van der Waals surface area contributed by atoms with Gasteiger partial charge < -0.3 is 4.43 Å². The highest BCUT2D eigenvalue weighted by atomic mass is 35.5. The van der Waals surface area contributed by atoms with E-state index in [0.717, 1.165) is 30.9 Å². The molecule has 3 aliphatic carbocycles. The Kier molecular flexibility index (Phi) is 7.59. The Balaban J connectivity index is 1.67. The fraction of sp³-hybridized carbons (Fsp3) is 0.800. The zero-order valence-electron chi connectivity index (χ0n) is 22.7. The molecule has 0 saturated heterocycles. The summed E-state index contributed by atoms with van der Waals surface area (Å²) in [7, 11) is -1.91. The monoisotopic (exact) mass is 506 g/mol. The highest BCUT2D eigenvalue weighted by Gasteiger charge is 2.59. The van der Waals surface area contributed by atoms with Crippen LogP contribution in [-0.4, -0.2) is 20.4 Å². The highest BCUT2D eigenvalue weighted by Crippen LogP contribution is 2.65. The molecule has 1 aromatic rings. The lowest BCUT2D eigenvalue weighted by Gasteiger charge is -2.55. The number of hydrogen-bond donors (Lipinski definition) is 0. The average molecular weight is 507 g/mol. The second kappa shape index (κ2) is 9.73. The molecule has 4 rings (SSSR count). The van der Waals surface area contributed by atoms with Gasteiger partial charge in [-0.05, 0) is 109 Å². The molecule has 7 unspecified atom stereocenters. The van der Waals surface area contributed by atoms with E-state index in [1.54, 1.807) is 0 Å². The largest absolute Gasteiger partial charge is 0.543 e. The maximum absolute atomic E-state index is 16.2. The van der Waals surface area contributed by atoms with Crippen molar-refractivity contribution in [1.82, 2.24) is 0 Å². The van der Waals surface area contributed by atoms with Crippen molar-refractivity contribution >= 4 is 19.9 Å². The van der Waals surface area contributed by atoms with Crippen molar-refractivity contribution in [3.8, 4) is 5.75 Å². The summed E-state index contributed by atoms with van der Waals surface area (Å²) in [6.45, 7) is 16.3. The van der Waals surface area contributed by atoms with Crippen molar-refractivity contribution < 1.29 is 8.82 Å². The molecule has 34 heavy (non-hydrogen) atoms. The van der Waals surface area contributed by atoms with Crippen LogP contribution in [0.4, 0.5) is 4.39 Å². The smallest absolute Gasteiger partial charge is 0.250 e. The number of unbranched alkanes of at least 4 members (excludes halogenated alkanes) is 2. The standard InChI is InChI=1S/C30H48ClFOSi/c1-20-12-15-25-27-21(11-9-8-10-16-31)17-22-18-23(33-34(6,7)29(2,3)4)13-14-24(22)28(27)26(32)19-30(20,25)5/h13-14,18,20-21,25-28H,8-12,15-17,19H2,1-7H3. The first-order valence-electron chi connectivity index (χ1n) is 13.9. The Morgan fingerprint density at radius 3 is 2.56 bits per heavy atom. The molecule has 0 radical (unpaired) electrons. The van der Waals surface area contributed by atoms with Gasteiger partial charge in [0.15, 0.2) is 0 Å². The summed E-state index contributed by atoms with van der Waals surface area (Å²) in [5.74, 6) is 4.16. The molecule has 0 aromatic heterocycles. The van der Waals surface area contributed by atoms with Gasteiger partial charge in [-0.2, -0.15) is 0 Å². The first-order valence-corrected chi connectivity index (χ1v) is 17.3. The third kappa shape index (κ3) is 4.74. The Hall–Kier alpha value is -0.543. The fourth-order valence-corrected chi connectivity index (χ4v) is 8.70. The Morgan fingerprint density at radius 2 is 1.88 bits per heavy atom. The van der Waals surface area contributed by atoms with Crippen molar-refractivity contribution in [2.75, 3.05) is 5.88 Å². The highest BCUT2D eigenvalue weighted by molar-refractivity contribution is 6.74. The van der Waals surface area contributed by atoms with Crippen LogP contribution in [0.3, 0.4) is 0 Å². The lowest BCUT2D eigenvalue weighted by atomic mass is 9.50. The van der Waals surface area contributed by atoms with Crippen LogP contribution in [0.15, 0.2) is 18.2 Å². The molecular formula is C30H48ClFOSi. The first-order chi connectivity index (χ1) is 15.9. The van der Waals surface area contributed by atoms with Gasteiger partial charge in [-0.1, -0.05) is 53.5 Å². The minimum absolute atomic E-state index is 0.0621. The van der Waals surface area contributed by atoms with E-state index in [-0.39, 0.29) is 16.4 Å². The Labute approximate surface area is 214 Å². The molecule has 7 atom stereocenters. The molecule has 0 N–H and O–H groups in total. The van der Waals surface area contributed by atoms with Gasteiger partial charge in [0, 0.05) is 11.8 Å². The summed E-state index contributed by atoms with van der Waals surface area (Å²) in [4.78, 5) is 0. The van der Waals surface area contributed by atoms with E-state index in [0.29, 0.717) is 23.7 Å². The number of halogens is 2. The number of fused-ring (bicyclic) bond motifs is 5. The van der Waals surface area contributed by atoms with Crippen molar-refractivity contribution in [2.45, 2.75) is 116 Å². The maximum Gasteiger partial charge on any atom is 0.250 e. The minimum Gasteiger partial charge on any atom is -0.543 e. The van der Waals surface area contributed by atoms with Gasteiger partial charge in [-0.3, -0.25) is 0 Å². The summed E-state index contributed by atoms with van der Waals surface area (Å²) in [6, 6.07) is 6.68. The topological polar surface area (TPSA) is 9.23 Å². The SMILES string of the molecule is CC1CCC2C3C(CCCCCCl)Cc4cc(O[Si](C)(C)C(C)(C)C)ccc4C3C(F)CC12C. The maximum atomic E-state index is 16.2. The molecule has 2 fully saturated rings. The van der Waals surface area contributed by atoms with Crippen molar-refractivity contribution in [3.05, 3.63) is 29.3 Å². The van der Waals surface area contributed by atoms with Crippen LogP contribution in [0, 0.1) is 29.1 Å². The zero-order chi connectivity index (χ0) is 24.9. The second-order valence-electron chi connectivity index (χ2n) is 13.6. The summed E-state index contributed by atoms with van der Waals surface area (Å²) in [5.41, 5.74) is 2.81. The van der Waals surface area contributed by atoms with E-state index in [1.165, 1.54) is 43.2 Å². The molecular weight excluding hydrogens is 459 g/mol. The Bertz CT molecular complexity index is 864. The van der Waals surface area contributed by atoms with Crippen LogP contribution in [0.5, 0.6) is 5.75 Å². The van der Waals surface area contributed by atoms with Crippen molar-refractivity contribution in [2.24, 2.45) is 29.1 Å². The van der Waals surface area contributed by atoms with Gasteiger partial charge in [0.25, 0.3) is 0 Å². The first kappa shape index (κ1) is 26.5. The molecule has 1 nitrogen and oxygen atoms in total.